The maximum absolute atomic E-state index is 10.6. The average Bonchev–Trinajstić information content (AvgIpc) is 2.69. The number of rotatable bonds is 7. The minimum Gasteiger partial charge on any atom is -0.388 e. The summed E-state index contributed by atoms with van der Waals surface area (Å²) in [7, 11) is 0. The molecule has 26 heavy (non-hydrogen) atoms. The Kier molecular flexibility index (Phi) is 7.42. The van der Waals surface area contributed by atoms with E-state index in [-0.39, 0.29) is 0 Å². The number of hydrogen-bond acceptors (Lipinski definition) is 5. The van der Waals surface area contributed by atoms with Crippen LogP contribution in [0.3, 0.4) is 0 Å². The molecule has 3 rings (SSSR count). The maximum atomic E-state index is 10.6. The third-order valence-corrected chi connectivity index (χ3v) is 5.23. The van der Waals surface area contributed by atoms with Gasteiger partial charge in [-0.3, -0.25) is 0 Å². The van der Waals surface area contributed by atoms with Gasteiger partial charge in [0.25, 0.3) is 0 Å². The van der Waals surface area contributed by atoms with Gasteiger partial charge in [-0.2, -0.15) is 0 Å². The predicted octanol–water partition coefficient (Wildman–Crippen LogP) is 2.67. The molecule has 5 nitrogen and oxygen atoms in total. The highest BCUT2D eigenvalue weighted by atomic mass is 127. The highest BCUT2D eigenvalue weighted by Crippen LogP contribution is 2.27. The van der Waals surface area contributed by atoms with E-state index in [0.717, 1.165) is 11.1 Å². The van der Waals surface area contributed by atoms with Crippen molar-refractivity contribution in [3.05, 3.63) is 71.8 Å². The van der Waals surface area contributed by atoms with Crippen LogP contribution in [0.4, 0.5) is 0 Å². The van der Waals surface area contributed by atoms with Crippen molar-refractivity contribution in [2.45, 2.75) is 43.9 Å². The molecule has 2 aromatic rings. The lowest BCUT2D eigenvalue weighted by Gasteiger charge is -2.42. The smallest absolute Gasteiger partial charge is 0.184 e. The van der Waals surface area contributed by atoms with Crippen LogP contribution in [-0.2, 0) is 27.4 Å². The van der Waals surface area contributed by atoms with Gasteiger partial charge in [0, 0.05) is 4.43 Å². The van der Waals surface area contributed by atoms with Gasteiger partial charge in [-0.05, 0) is 11.1 Å². The zero-order chi connectivity index (χ0) is 18.4. The largest absolute Gasteiger partial charge is 0.388 e. The summed E-state index contributed by atoms with van der Waals surface area (Å²) in [6.45, 7) is 0.632. The highest BCUT2D eigenvalue weighted by molar-refractivity contribution is 14.1. The summed E-state index contributed by atoms with van der Waals surface area (Å²) in [4.78, 5) is 0. The number of halogens is 1. The Labute approximate surface area is 167 Å². The number of aliphatic hydroxyl groups excluding tert-OH is 2. The SMILES string of the molecule is O[C@H]1[C@H](OCc2ccccc2)[C@H](OCc2ccccc2)[C@@H](O)O[C@@H]1CI. The topological polar surface area (TPSA) is 68.2 Å². The van der Waals surface area contributed by atoms with Gasteiger partial charge in [-0.25, -0.2) is 0 Å². The third kappa shape index (κ3) is 5.03. The molecule has 1 fully saturated rings. The number of aliphatic hydroxyl groups is 2. The lowest BCUT2D eigenvalue weighted by molar-refractivity contribution is -0.298. The summed E-state index contributed by atoms with van der Waals surface area (Å²) >= 11 is 2.13. The van der Waals surface area contributed by atoms with E-state index in [1.165, 1.54) is 0 Å². The lowest BCUT2D eigenvalue weighted by atomic mass is 9.99. The first-order valence-electron chi connectivity index (χ1n) is 8.57. The Hall–Kier alpha value is -1.03. The van der Waals surface area contributed by atoms with E-state index in [0.29, 0.717) is 17.6 Å². The van der Waals surface area contributed by atoms with E-state index < -0.39 is 30.7 Å². The average molecular weight is 470 g/mol. The Balaban J connectivity index is 1.69. The summed E-state index contributed by atoms with van der Waals surface area (Å²) in [6.07, 6.45) is -3.97. The van der Waals surface area contributed by atoms with Crippen LogP contribution in [0, 0.1) is 0 Å². The van der Waals surface area contributed by atoms with E-state index in [2.05, 4.69) is 22.6 Å². The minimum absolute atomic E-state index is 0.304. The summed E-state index contributed by atoms with van der Waals surface area (Å²) < 4.78 is 17.9. The van der Waals surface area contributed by atoms with Gasteiger partial charge in [0.15, 0.2) is 6.29 Å². The molecule has 6 heteroatoms. The second kappa shape index (κ2) is 9.77. The molecule has 0 bridgehead atoms. The standard InChI is InChI=1S/C20H23IO5/c21-11-16-17(22)18(24-12-14-7-3-1-4-8-14)19(20(23)26-16)25-13-15-9-5-2-6-10-15/h1-10,16-20,22-23H,11-13H2/t16-,17-,18+,19+,20+/m1/s1. The van der Waals surface area contributed by atoms with E-state index in [1.54, 1.807) is 0 Å². The van der Waals surface area contributed by atoms with Gasteiger partial charge in [0.1, 0.15) is 18.3 Å². The third-order valence-electron chi connectivity index (χ3n) is 4.36. The molecule has 140 valence electrons. The van der Waals surface area contributed by atoms with Crippen LogP contribution in [0.5, 0.6) is 0 Å². The monoisotopic (exact) mass is 470 g/mol. The van der Waals surface area contributed by atoms with Crippen molar-refractivity contribution < 1.29 is 24.4 Å². The Morgan fingerprint density at radius 2 is 1.31 bits per heavy atom. The van der Waals surface area contributed by atoms with Crippen LogP contribution >= 0.6 is 22.6 Å². The second-order valence-electron chi connectivity index (χ2n) is 6.23. The van der Waals surface area contributed by atoms with Gasteiger partial charge in [-0.15, -0.1) is 0 Å². The molecule has 0 aliphatic carbocycles. The first-order chi connectivity index (χ1) is 12.7. The van der Waals surface area contributed by atoms with E-state index >= 15 is 0 Å². The molecule has 5 atom stereocenters. The van der Waals surface area contributed by atoms with Crippen LogP contribution in [0.1, 0.15) is 11.1 Å². The van der Waals surface area contributed by atoms with Gasteiger partial charge in [0.05, 0.1) is 19.3 Å². The van der Waals surface area contributed by atoms with Gasteiger partial charge in [0.2, 0.25) is 0 Å². The molecule has 0 saturated carbocycles. The molecule has 0 amide bonds. The molecule has 1 saturated heterocycles. The van der Waals surface area contributed by atoms with Crippen LogP contribution in [0.15, 0.2) is 60.7 Å². The normalized spacial score (nSPS) is 28.8. The molecule has 1 heterocycles. The molecule has 1 aliphatic rings. The predicted molar refractivity (Wildman–Crippen MR) is 106 cm³/mol. The molecule has 2 aromatic carbocycles. The van der Waals surface area contributed by atoms with Crippen molar-refractivity contribution in [1.82, 2.24) is 0 Å². The van der Waals surface area contributed by atoms with Crippen molar-refractivity contribution >= 4 is 22.6 Å². The zero-order valence-corrected chi connectivity index (χ0v) is 16.4. The van der Waals surface area contributed by atoms with Crippen LogP contribution in [0.25, 0.3) is 0 Å². The van der Waals surface area contributed by atoms with Crippen LogP contribution < -0.4 is 0 Å². The maximum Gasteiger partial charge on any atom is 0.184 e. The van der Waals surface area contributed by atoms with Crippen molar-refractivity contribution in [3.8, 4) is 0 Å². The van der Waals surface area contributed by atoms with Crippen LogP contribution in [0.2, 0.25) is 0 Å². The van der Waals surface area contributed by atoms with E-state index in [4.69, 9.17) is 14.2 Å². The molecule has 2 N–H and O–H groups in total. The van der Waals surface area contributed by atoms with E-state index in [9.17, 15) is 10.2 Å². The number of alkyl halides is 1. The van der Waals surface area contributed by atoms with Crippen molar-refractivity contribution in [1.29, 1.82) is 0 Å². The van der Waals surface area contributed by atoms with Gasteiger partial charge >= 0.3 is 0 Å². The number of benzene rings is 2. The molecule has 1 aliphatic heterocycles. The van der Waals surface area contributed by atoms with Gasteiger partial charge in [-0.1, -0.05) is 83.3 Å². The van der Waals surface area contributed by atoms with Crippen molar-refractivity contribution in [2.24, 2.45) is 0 Å². The fraction of sp³-hybridized carbons (Fsp3) is 0.400. The Morgan fingerprint density at radius 1 is 0.808 bits per heavy atom. The Morgan fingerprint density at radius 3 is 1.81 bits per heavy atom. The summed E-state index contributed by atoms with van der Waals surface area (Å²) in [5, 5.41) is 21.0. The summed E-state index contributed by atoms with van der Waals surface area (Å²) in [5.74, 6) is 0. The quantitative estimate of drug-likeness (QED) is 0.481. The molecule has 0 radical (unpaired) electrons. The zero-order valence-electron chi connectivity index (χ0n) is 14.3. The number of ether oxygens (including phenoxy) is 3. The molecule has 0 unspecified atom stereocenters. The fourth-order valence-electron chi connectivity index (χ4n) is 2.94. The van der Waals surface area contributed by atoms with Crippen LogP contribution in [-0.4, -0.2) is 45.3 Å². The lowest BCUT2D eigenvalue weighted by Crippen LogP contribution is -2.59. The Bertz CT molecular complexity index is 654. The molecular weight excluding hydrogens is 447 g/mol. The number of hydrogen-bond donors (Lipinski definition) is 2. The first-order valence-corrected chi connectivity index (χ1v) is 10.1. The second-order valence-corrected chi connectivity index (χ2v) is 7.11. The molecular formula is C20H23IO5. The van der Waals surface area contributed by atoms with Gasteiger partial charge < -0.3 is 24.4 Å². The van der Waals surface area contributed by atoms with Crippen molar-refractivity contribution in [2.75, 3.05) is 4.43 Å². The fourth-order valence-corrected chi connectivity index (χ4v) is 3.67. The highest BCUT2D eigenvalue weighted by Gasteiger charge is 2.45. The molecule has 0 aromatic heterocycles. The van der Waals surface area contributed by atoms with E-state index in [1.807, 2.05) is 60.7 Å². The summed E-state index contributed by atoms with van der Waals surface area (Å²) in [6, 6.07) is 19.4. The summed E-state index contributed by atoms with van der Waals surface area (Å²) in [5.41, 5.74) is 1.97. The minimum atomic E-state index is -1.15. The first kappa shape index (κ1) is 19.7. The van der Waals surface area contributed by atoms with Crippen molar-refractivity contribution in [3.63, 3.8) is 0 Å². The molecule has 0 spiro atoms.